The van der Waals surface area contributed by atoms with Gasteiger partial charge in [0.2, 0.25) is 0 Å². The van der Waals surface area contributed by atoms with E-state index < -0.39 is 6.10 Å². The molecule has 2 N–H and O–H groups in total. The topological polar surface area (TPSA) is 50.7 Å². The number of rotatable bonds is 9. The molecule has 0 amide bonds. The van der Waals surface area contributed by atoms with Gasteiger partial charge in [0, 0.05) is 19.7 Å². The van der Waals surface area contributed by atoms with E-state index in [1.54, 1.807) is 6.07 Å². The molecule has 1 atom stereocenters. The molecule has 1 unspecified atom stereocenters. The Bertz CT molecular complexity index is 399. The summed E-state index contributed by atoms with van der Waals surface area (Å²) in [7, 11) is 1.50. The minimum Gasteiger partial charge on any atom is -0.491 e. The van der Waals surface area contributed by atoms with Crippen LogP contribution in [0.2, 0.25) is 0 Å². The average Bonchev–Trinajstić information content (AvgIpc) is 2.36. The Morgan fingerprint density at radius 3 is 2.65 bits per heavy atom. The zero-order chi connectivity index (χ0) is 15.0. The Hall–Kier alpha value is -1.17. The molecule has 0 aliphatic rings. The SMILES string of the molecule is COCC(O)COc1cc(F)cc(CNCC(C)C)c1. The molecule has 0 saturated carbocycles. The molecule has 0 aliphatic carbocycles. The highest BCUT2D eigenvalue weighted by Crippen LogP contribution is 2.17. The number of hydrogen-bond donors (Lipinski definition) is 2. The van der Waals surface area contributed by atoms with Crippen LogP contribution >= 0.6 is 0 Å². The monoisotopic (exact) mass is 285 g/mol. The number of methoxy groups -OCH3 is 1. The van der Waals surface area contributed by atoms with E-state index in [4.69, 9.17) is 9.47 Å². The van der Waals surface area contributed by atoms with Crippen molar-refractivity contribution in [1.82, 2.24) is 5.32 Å². The molecule has 0 aliphatic heterocycles. The van der Waals surface area contributed by atoms with E-state index in [0.717, 1.165) is 12.1 Å². The minimum absolute atomic E-state index is 0.0795. The van der Waals surface area contributed by atoms with E-state index in [0.29, 0.717) is 18.2 Å². The maximum Gasteiger partial charge on any atom is 0.127 e. The highest BCUT2D eigenvalue weighted by molar-refractivity contribution is 5.29. The van der Waals surface area contributed by atoms with Gasteiger partial charge in [-0.05, 0) is 30.2 Å². The van der Waals surface area contributed by atoms with Gasteiger partial charge in [-0.3, -0.25) is 0 Å². The average molecular weight is 285 g/mol. The van der Waals surface area contributed by atoms with E-state index >= 15 is 0 Å². The first-order valence-electron chi connectivity index (χ1n) is 6.81. The third-order valence-corrected chi connectivity index (χ3v) is 2.61. The van der Waals surface area contributed by atoms with Crippen LogP contribution in [0.3, 0.4) is 0 Å². The molecule has 0 heterocycles. The van der Waals surface area contributed by atoms with Gasteiger partial charge in [-0.1, -0.05) is 13.8 Å². The molecule has 1 aromatic carbocycles. The van der Waals surface area contributed by atoms with Gasteiger partial charge in [-0.2, -0.15) is 0 Å². The molecule has 1 rings (SSSR count). The van der Waals surface area contributed by atoms with Gasteiger partial charge in [-0.25, -0.2) is 4.39 Å². The fraction of sp³-hybridized carbons (Fsp3) is 0.600. The van der Waals surface area contributed by atoms with Crippen LogP contribution < -0.4 is 10.1 Å². The zero-order valence-corrected chi connectivity index (χ0v) is 12.4. The summed E-state index contributed by atoms with van der Waals surface area (Å²) < 4.78 is 23.7. The van der Waals surface area contributed by atoms with Crippen LogP contribution in [0.4, 0.5) is 4.39 Å². The second-order valence-electron chi connectivity index (χ2n) is 5.24. The van der Waals surface area contributed by atoms with E-state index in [2.05, 4.69) is 19.2 Å². The van der Waals surface area contributed by atoms with E-state index in [1.807, 2.05) is 0 Å². The van der Waals surface area contributed by atoms with Crippen molar-refractivity contribution in [2.24, 2.45) is 5.92 Å². The molecule has 114 valence electrons. The summed E-state index contributed by atoms with van der Waals surface area (Å²) in [6.45, 7) is 5.97. The first-order valence-corrected chi connectivity index (χ1v) is 6.81. The van der Waals surface area contributed by atoms with Gasteiger partial charge < -0.3 is 19.9 Å². The Balaban J connectivity index is 2.52. The summed E-state index contributed by atoms with van der Waals surface area (Å²) in [6, 6.07) is 4.56. The quantitative estimate of drug-likeness (QED) is 0.728. The molecule has 0 radical (unpaired) electrons. The maximum atomic E-state index is 13.5. The van der Waals surface area contributed by atoms with Gasteiger partial charge in [0.1, 0.15) is 24.3 Å². The summed E-state index contributed by atoms with van der Waals surface area (Å²) in [5.41, 5.74) is 0.821. The summed E-state index contributed by atoms with van der Waals surface area (Å²) in [5, 5.41) is 12.7. The number of nitrogens with one attached hydrogen (secondary N) is 1. The van der Waals surface area contributed by atoms with Crippen LogP contribution in [-0.2, 0) is 11.3 Å². The fourth-order valence-corrected chi connectivity index (χ4v) is 1.74. The van der Waals surface area contributed by atoms with Crippen molar-refractivity contribution in [2.75, 3.05) is 26.9 Å². The minimum atomic E-state index is -0.717. The molecule has 1 aromatic rings. The van der Waals surface area contributed by atoms with Gasteiger partial charge >= 0.3 is 0 Å². The largest absolute Gasteiger partial charge is 0.491 e. The van der Waals surface area contributed by atoms with Crippen molar-refractivity contribution in [3.63, 3.8) is 0 Å². The Morgan fingerprint density at radius 1 is 1.25 bits per heavy atom. The summed E-state index contributed by atoms with van der Waals surface area (Å²) in [6.07, 6.45) is -0.717. The molecule has 0 fully saturated rings. The van der Waals surface area contributed by atoms with Crippen LogP contribution in [0.15, 0.2) is 18.2 Å². The normalized spacial score (nSPS) is 12.7. The van der Waals surface area contributed by atoms with Crippen molar-refractivity contribution >= 4 is 0 Å². The van der Waals surface area contributed by atoms with E-state index in [-0.39, 0.29) is 19.0 Å². The Morgan fingerprint density at radius 2 is 2.00 bits per heavy atom. The van der Waals surface area contributed by atoms with Crippen molar-refractivity contribution < 1.29 is 19.0 Å². The predicted molar refractivity (Wildman–Crippen MR) is 76.3 cm³/mol. The van der Waals surface area contributed by atoms with Gasteiger partial charge in [0.15, 0.2) is 0 Å². The second-order valence-corrected chi connectivity index (χ2v) is 5.24. The van der Waals surface area contributed by atoms with Crippen molar-refractivity contribution in [3.05, 3.63) is 29.6 Å². The summed E-state index contributed by atoms with van der Waals surface area (Å²) in [4.78, 5) is 0. The van der Waals surface area contributed by atoms with Crippen molar-refractivity contribution in [1.29, 1.82) is 0 Å². The third kappa shape index (κ3) is 6.84. The Kier molecular flexibility index (Phi) is 7.51. The van der Waals surface area contributed by atoms with Crippen LogP contribution in [-0.4, -0.2) is 38.1 Å². The summed E-state index contributed by atoms with van der Waals surface area (Å²) >= 11 is 0. The molecule has 4 nitrogen and oxygen atoms in total. The molecule has 20 heavy (non-hydrogen) atoms. The van der Waals surface area contributed by atoms with Crippen molar-refractivity contribution in [2.45, 2.75) is 26.5 Å². The standard InChI is InChI=1S/C15H24FNO3/c1-11(2)7-17-8-12-4-13(16)6-15(5-12)20-10-14(18)9-19-3/h4-6,11,14,17-18H,7-10H2,1-3H3. The van der Waals surface area contributed by atoms with Gasteiger partial charge in [0.05, 0.1) is 6.61 Å². The molecule has 0 aromatic heterocycles. The summed E-state index contributed by atoms with van der Waals surface area (Å²) in [5.74, 6) is 0.620. The zero-order valence-electron chi connectivity index (χ0n) is 12.4. The first kappa shape index (κ1) is 16.9. The fourth-order valence-electron chi connectivity index (χ4n) is 1.74. The number of benzene rings is 1. The predicted octanol–water partition coefficient (Wildman–Crippen LogP) is 1.96. The van der Waals surface area contributed by atoms with Crippen LogP contribution in [0.5, 0.6) is 5.75 Å². The molecule has 5 heteroatoms. The van der Waals surface area contributed by atoms with E-state index in [9.17, 15) is 9.50 Å². The van der Waals surface area contributed by atoms with E-state index in [1.165, 1.54) is 19.2 Å². The highest BCUT2D eigenvalue weighted by Gasteiger charge is 2.07. The third-order valence-electron chi connectivity index (χ3n) is 2.61. The lowest BCUT2D eigenvalue weighted by atomic mass is 10.2. The van der Waals surface area contributed by atoms with Gasteiger partial charge in [-0.15, -0.1) is 0 Å². The number of hydrogen-bond acceptors (Lipinski definition) is 4. The smallest absolute Gasteiger partial charge is 0.127 e. The number of aliphatic hydroxyl groups excluding tert-OH is 1. The number of aliphatic hydroxyl groups is 1. The molecule has 0 spiro atoms. The maximum absolute atomic E-state index is 13.5. The molecular weight excluding hydrogens is 261 g/mol. The number of ether oxygens (including phenoxy) is 2. The lowest BCUT2D eigenvalue weighted by Gasteiger charge is -2.13. The van der Waals surface area contributed by atoms with Gasteiger partial charge in [0.25, 0.3) is 0 Å². The Labute approximate surface area is 119 Å². The highest BCUT2D eigenvalue weighted by atomic mass is 19.1. The lowest BCUT2D eigenvalue weighted by Crippen LogP contribution is -2.23. The van der Waals surface area contributed by atoms with Crippen LogP contribution in [0, 0.1) is 11.7 Å². The van der Waals surface area contributed by atoms with Crippen LogP contribution in [0.25, 0.3) is 0 Å². The molecular formula is C15H24FNO3. The molecule has 0 bridgehead atoms. The lowest BCUT2D eigenvalue weighted by molar-refractivity contribution is 0.0324. The van der Waals surface area contributed by atoms with Crippen LogP contribution in [0.1, 0.15) is 19.4 Å². The van der Waals surface area contributed by atoms with Crippen molar-refractivity contribution in [3.8, 4) is 5.75 Å². The second kappa shape index (κ2) is 8.89. The molecule has 0 saturated heterocycles. The number of halogens is 1. The first-order chi connectivity index (χ1) is 9.51.